The van der Waals surface area contributed by atoms with Gasteiger partial charge in [-0.1, -0.05) is 11.6 Å². The number of hydrogen-bond acceptors (Lipinski definition) is 1. The molecule has 0 radical (unpaired) electrons. The van der Waals surface area contributed by atoms with E-state index in [1.54, 1.807) is 0 Å². The van der Waals surface area contributed by atoms with Gasteiger partial charge in [-0.25, -0.2) is 8.78 Å². The predicted octanol–water partition coefficient (Wildman–Crippen LogP) is 3.20. The van der Waals surface area contributed by atoms with Crippen LogP contribution in [0.3, 0.4) is 0 Å². The molecule has 0 aromatic heterocycles. The van der Waals surface area contributed by atoms with Gasteiger partial charge in [-0.3, -0.25) is 4.79 Å². The molecule has 0 heterocycles. The summed E-state index contributed by atoms with van der Waals surface area (Å²) in [7, 11) is 0. The molecule has 1 aromatic rings. The van der Waals surface area contributed by atoms with Crippen molar-refractivity contribution in [1.29, 1.82) is 0 Å². The number of aliphatic carboxylic acids is 1. The normalized spacial score (nSPS) is 17.2. The van der Waals surface area contributed by atoms with E-state index in [1.165, 1.54) is 0 Å². The Balaban J connectivity index is 2.48. The van der Waals surface area contributed by atoms with Crippen molar-refractivity contribution in [2.75, 3.05) is 0 Å². The number of carboxylic acid groups (broad SMARTS) is 1. The van der Waals surface area contributed by atoms with Crippen LogP contribution in [-0.4, -0.2) is 11.1 Å². The van der Waals surface area contributed by atoms with Crippen LogP contribution in [-0.2, 0) is 4.79 Å². The summed E-state index contributed by atoms with van der Waals surface area (Å²) in [6.45, 7) is 0. The molecule has 2 rings (SSSR count). The molecule has 1 unspecified atom stereocenters. The molecular weight excluding hydrogens is 238 g/mol. The van der Waals surface area contributed by atoms with Crippen LogP contribution in [0.2, 0.25) is 5.02 Å². The van der Waals surface area contributed by atoms with Gasteiger partial charge in [0.25, 0.3) is 0 Å². The lowest BCUT2D eigenvalue weighted by molar-refractivity contribution is -0.139. The summed E-state index contributed by atoms with van der Waals surface area (Å²) < 4.78 is 27.0. The average Bonchev–Trinajstić information content (AvgIpc) is 2.93. The van der Waals surface area contributed by atoms with Crippen molar-refractivity contribution in [3.05, 3.63) is 34.4 Å². The van der Waals surface area contributed by atoms with Crippen LogP contribution in [0, 0.1) is 17.6 Å². The van der Waals surface area contributed by atoms with Gasteiger partial charge < -0.3 is 5.11 Å². The van der Waals surface area contributed by atoms with Gasteiger partial charge in [-0.2, -0.15) is 0 Å². The molecule has 1 saturated carbocycles. The summed E-state index contributed by atoms with van der Waals surface area (Å²) in [6, 6.07) is 1.89. The molecule has 86 valence electrons. The summed E-state index contributed by atoms with van der Waals surface area (Å²) in [6.07, 6.45) is 1.39. The Hall–Kier alpha value is -1.16. The molecule has 1 aromatic carbocycles. The largest absolute Gasteiger partial charge is 0.481 e. The van der Waals surface area contributed by atoms with Crippen LogP contribution in [0.1, 0.15) is 24.3 Å². The molecule has 1 aliphatic rings. The molecule has 1 aliphatic carbocycles. The topological polar surface area (TPSA) is 37.3 Å². The van der Waals surface area contributed by atoms with Crippen molar-refractivity contribution < 1.29 is 18.7 Å². The van der Waals surface area contributed by atoms with E-state index in [4.69, 9.17) is 16.7 Å². The standard InChI is InChI=1S/C11H9ClF2O2/c12-6-3-7(13)10(8(14)4-6)9(11(15)16)5-1-2-5/h3-5,9H,1-2H2,(H,15,16). The second kappa shape index (κ2) is 4.01. The fourth-order valence-corrected chi connectivity index (χ4v) is 2.03. The minimum absolute atomic E-state index is 0.0707. The first-order valence-electron chi connectivity index (χ1n) is 4.88. The molecule has 2 nitrogen and oxygen atoms in total. The minimum Gasteiger partial charge on any atom is -0.481 e. The first-order valence-corrected chi connectivity index (χ1v) is 5.25. The SMILES string of the molecule is O=C(O)C(c1c(F)cc(Cl)cc1F)C1CC1. The number of carboxylic acids is 1. The second-order valence-electron chi connectivity index (χ2n) is 3.94. The summed E-state index contributed by atoms with van der Waals surface area (Å²) in [5, 5.41) is 8.92. The van der Waals surface area contributed by atoms with Gasteiger partial charge >= 0.3 is 5.97 Å². The number of benzene rings is 1. The summed E-state index contributed by atoms with van der Waals surface area (Å²) in [5.41, 5.74) is -0.376. The molecule has 1 atom stereocenters. The zero-order valence-corrected chi connectivity index (χ0v) is 8.97. The van der Waals surface area contributed by atoms with Crippen LogP contribution in [0.4, 0.5) is 8.78 Å². The molecule has 0 spiro atoms. The highest BCUT2D eigenvalue weighted by Crippen LogP contribution is 2.44. The number of rotatable bonds is 3. The Bertz CT molecular complexity index is 421. The van der Waals surface area contributed by atoms with Crippen molar-refractivity contribution in [1.82, 2.24) is 0 Å². The van der Waals surface area contributed by atoms with Gasteiger partial charge in [-0.15, -0.1) is 0 Å². The van der Waals surface area contributed by atoms with Gasteiger partial charge in [0.1, 0.15) is 11.6 Å². The maximum Gasteiger partial charge on any atom is 0.311 e. The summed E-state index contributed by atoms with van der Waals surface area (Å²) in [4.78, 5) is 11.0. The van der Waals surface area contributed by atoms with E-state index in [2.05, 4.69) is 0 Å². The minimum atomic E-state index is -1.19. The number of hydrogen-bond donors (Lipinski definition) is 1. The van der Waals surface area contributed by atoms with Gasteiger partial charge in [0, 0.05) is 10.6 Å². The maximum atomic E-state index is 13.5. The van der Waals surface area contributed by atoms with Crippen molar-refractivity contribution in [2.45, 2.75) is 18.8 Å². The predicted molar refractivity (Wildman–Crippen MR) is 54.5 cm³/mol. The summed E-state index contributed by atoms with van der Waals surface area (Å²) in [5.74, 6) is -4.23. The molecule has 0 bridgehead atoms. The third-order valence-corrected chi connectivity index (χ3v) is 2.93. The zero-order valence-electron chi connectivity index (χ0n) is 8.21. The number of halogens is 3. The zero-order chi connectivity index (χ0) is 11.9. The molecule has 1 fully saturated rings. The highest BCUT2D eigenvalue weighted by Gasteiger charge is 2.40. The maximum absolute atomic E-state index is 13.5. The van der Waals surface area contributed by atoms with E-state index >= 15 is 0 Å². The fraction of sp³-hybridized carbons (Fsp3) is 0.364. The van der Waals surface area contributed by atoms with Gasteiger partial charge in [0.2, 0.25) is 0 Å². The molecular formula is C11H9ClF2O2. The average molecular weight is 247 g/mol. The Labute approximate surface area is 95.8 Å². The Kier molecular flexibility index (Phi) is 2.84. The molecule has 5 heteroatoms. The molecule has 0 amide bonds. The lowest BCUT2D eigenvalue weighted by Crippen LogP contribution is -2.17. The lowest BCUT2D eigenvalue weighted by atomic mass is 9.93. The van der Waals surface area contributed by atoms with E-state index in [-0.39, 0.29) is 16.5 Å². The third kappa shape index (κ3) is 2.02. The van der Waals surface area contributed by atoms with E-state index < -0.39 is 23.5 Å². The monoisotopic (exact) mass is 246 g/mol. The van der Waals surface area contributed by atoms with E-state index in [9.17, 15) is 13.6 Å². The number of carbonyl (C=O) groups is 1. The molecule has 1 N–H and O–H groups in total. The first-order chi connectivity index (χ1) is 7.50. The van der Waals surface area contributed by atoms with E-state index in [0.717, 1.165) is 12.1 Å². The Morgan fingerprint density at radius 1 is 1.38 bits per heavy atom. The van der Waals surface area contributed by atoms with Gasteiger partial charge in [-0.05, 0) is 30.9 Å². The van der Waals surface area contributed by atoms with E-state index in [1.807, 2.05) is 0 Å². The lowest BCUT2D eigenvalue weighted by Gasteiger charge is -2.13. The molecule has 0 aliphatic heterocycles. The smallest absolute Gasteiger partial charge is 0.311 e. The van der Waals surface area contributed by atoms with Gasteiger partial charge in [0.05, 0.1) is 5.92 Å². The Morgan fingerprint density at radius 2 is 1.88 bits per heavy atom. The van der Waals surface area contributed by atoms with Crippen molar-refractivity contribution in [3.63, 3.8) is 0 Å². The van der Waals surface area contributed by atoms with Crippen LogP contribution in [0.5, 0.6) is 0 Å². The van der Waals surface area contributed by atoms with Crippen LogP contribution in [0.25, 0.3) is 0 Å². The molecule has 16 heavy (non-hydrogen) atoms. The third-order valence-electron chi connectivity index (χ3n) is 2.71. The summed E-state index contributed by atoms with van der Waals surface area (Å²) >= 11 is 5.47. The van der Waals surface area contributed by atoms with E-state index in [0.29, 0.717) is 12.8 Å². The van der Waals surface area contributed by atoms with Crippen LogP contribution in [0.15, 0.2) is 12.1 Å². The van der Waals surface area contributed by atoms with Crippen molar-refractivity contribution in [3.8, 4) is 0 Å². The first kappa shape index (κ1) is 11.3. The highest BCUT2D eigenvalue weighted by atomic mass is 35.5. The fourth-order valence-electron chi connectivity index (χ4n) is 1.84. The van der Waals surface area contributed by atoms with Crippen molar-refractivity contribution in [2.24, 2.45) is 5.92 Å². The van der Waals surface area contributed by atoms with Crippen LogP contribution >= 0.6 is 11.6 Å². The van der Waals surface area contributed by atoms with Gasteiger partial charge in [0.15, 0.2) is 0 Å². The highest BCUT2D eigenvalue weighted by molar-refractivity contribution is 6.30. The van der Waals surface area contributed by atoms with Crippen molar-refractivity contribution >= 4 is 17.6 Å². The van der Waals surface area contributed by atoms with Crippen LogP contribution < -0.4 is 0 Å². The Morgan fingerprint density at radius 3 is 2.25 bits per heavy atom. The second-order valence-corrected chi connectivity index (χ2v) is 4.37. The quantitative estimate of drug-likeness (QED) is 0.889. The molecule has 0 saturated heterocycles.